The maximum absolute atomic E-state index is 6.53. The zero-order valence-corrected chi connectivity index (χ0v) is 12.4. The van der Waals surface area contributed by atoms with Gasteiger partial charge in [0.1, 0.15) is 0 Å². The summed E-state index contributed by atoms with van der Waals surface area (Å²) in [5.41, 5.74) is 6.50. The van der Waals surface area contributed by atoms with Crippen LogP contribution in [0, 0.1) is 5.92 Å². The third-order valence-corrected chi connectivity index (χ3v) is 5.77. The molecule has 110 valence electrons. The van der Waals surface area contributed by atoms with Gasteiger partial charge in [-0.3, -0.25) is 0 Å². The molecule has 1 saturated heterocycles. The van der Waals surface area contributed by atoms with Crippen LogP contribution in [0.2, 0.25) is 0 Å². The Hall–Kier alpha value is -0.0800. The molecule has 0 radical (unpaired) electrons. The van der Waals surface area contributed by atoms with Gasteiger partial charge in [-0.15, -0.1) is 0 Å². The Balaban J connectivity index is 1.50. The summed E-state index contributed by atoms with van der Waals surface area (Å²) in [7, 11) is 0. The van der Waals surface area contributed by atoms with Crippen LogP contribution in [0.4, 0.5) is 0 Å². The van der Waals surface area contributed by atoms with Gasteiger partial charge in [-0.1, -0.05) is 38.5 Å². The second kappa shape index (κ2) is 6.13. The number of hydrogen-bond donors (Lipinski definition) is 1. The largest absolute Gasteiger partial charge is 0.372 e. The van der Waals surface area contributed by atoms with Gasteiger partial charge in [-0.05, 0) is 50.9 Å². The number of rotatable bonds is 2. The molecule has 0 bridgehead atoms. The van der Waals surface area contributed by atoms with Gasteiger partial charge in [0.25, 0.3) is 0 Å². The smallest absolute Gasteiger partial charge is 0.0687 e. The minimum absolute atomic E-state index is 0.301. The molecular weight excluding hydrogens is 234 g/mol. The summed E-state index contributed by atoms with van der Waals surface area (Å²) in [6, 6.07) is 0.456. The summed E-state index contributed by atoms with van der Waals surface area (Å²) < 4.78 is 6.53. The Morgan fingerprint density at radius 2 is 1.68 bits per heavy atom. The molecule has 2 saturated carbocycles. The van der Waals surface area contributed by atoms with E-state index in [4.69, 9.17) is 10.5 Å². The summed E-state index contributed by atoms with van der Waals surface area (Å²) in [6.45, 7) is 0. The van der Waals surface area contributed by atoms with Gasteiger partial charge in [-0.2, -0.15) is 0 Å². The van der Waals surface area contributed by atoms with E-state index in [1.165, 1.54) is 83.5 Å². The first kappa shape index (κ1) is 13.9. The molecule has 3 rings (SSSR count). The van der Waals surface area contributed by atoms with Crippen LogP contribution in [0.1, 0.15) is 83.5 Å². The van der Waals surface area contributed by atoms with Crippen molar-refractivity contribution in [3.63, 3.8) is 0 Å². The van der Waals surface area contributed by atoms with E-state index in [1.54, 1.807) is 0 Å². The maximum Gasteiger partial charge on any atom is 0.0687 e. The Bertz CT molecular complexity index is 285. The van der Waals surface area contributed by atoms with E-state index in [9.17, 15) is 0 Å². The molecule has 0 aromatic carbocycles. The lowest BCUT2D eigenvalue weighted by atomic mass is 9.83. The molecule has 3 atom stereocenters. The fourth-order valence-electron chi connectivity index (χ4n) is 4.71. The van der Waals surface area contributed by atoms with Gasteiger partial charge >= 0.3 is 0 Å². The second-order valence-corrected chi connectivity index (χ2v) is 7.40. The zero-order chi connectivity index (χ0) is 13.1. The molecule has 1 heterocycles. The lowest BCUT2D eigenvalue weighted by Gasteiger charge is -2.34. The summed E-state index contributed by atoms with van der Waals surface area (Å²) in [4.78, 5) is 0. The Kier molecular flexibility index (Phi) is 4.48. The highest BCUT2D eigenvalue weighted by Gasteiger charge is 2.41. The average Bonchev–Trinajstić information content (AvgIpc) is 2.65. The summed E-state index contributed by atoms with van der Waals surface area (Å²) in [5, 5.41) is 0. The van der Waals surface area contributed by atoms with Gasteiger partial charge in [-0.25, -0.2) is 0 Å². The van der Waals surface area contributed by atoms with Crippen LogP contribution in [0.25, 0.3) is 0 Å². The summed E-state index contributed by atoms with van der Waals surface area (Å²) in [6.07, 6.45) is 17.9. The predicted molar refractivity (Wildman–Crippen MR) is 79.1 cm³/mol. The monoisotopic (exact) mass is 265 g/mol. The van der Waals surface area contributed by atoms with Crippen molar-refractivity contribution < 1.29 is 4.74 Å². The minimum atomic E-state index is 0.301. The first-order valence-electron chi connectivity index (χ1n) is 8.69. The lowest BCUT2D eigenvalue weighted by molar-refractivity contribution is -0.0703. The van der Waals surface area contributed by atoms with Crippen LogP contribution in [0.5, 0.6) is 0 Å². The number of ether oxygens (including phenoxy) is 1. The van der Waals surface area contributed by atoms with Crippen LogP contribution < -0.4 is 5.73 Å². The molecule has 0 amide bonds. The van der Waals surface area contributed by atoms with Gasteiger partial charge in [0.05, 0.1) is 11.7 Å². The summed E-state index contributed by atoms with van der Waals surface area (Å²) in [5.74, 6) is 0.834. The Labute approximate surface area is 118 Å². The quantitative estimate of drug-likeness (QED) is 0.761. The Morgan fingerprint density at radius 1 is 0.895 bits per heavy atom. The first-order valence-corrected chi connectivity index (χ1v) is 8.69. The molecule has 0 aromatic heterocycles. The van der Waals surface area contributed by atoms with Crippen LogP contribution in [0.15, 0.2) is 0 Å². The van der Waals surface area contributed by atoms with Crippen LogP contribution in [-0.2, 0) is 4.74 Å². The van der Waals surface area contributed by atoms with Crippen LogP contribution in [0.3, 0.4) is 0 Å². The van der Waals surface area contributed by atoms with Crippen LogP contribution >= 0.6 is 0 Å². The molecule has 3 aliphatic rings. The Morgan fingerprint density at radius 3 is 2.53 bits per heavy atom. The third kappa shape index (κ3) is 3.52. The molecular formula is C17H31NO. The highest BCUT2D eigenvalue weighted by molar-refractivity contribution is 4.92. The van der Waals surface area contributed by atoms with Gasteiger partial charge in [0, 0.05) is 6.04 Å². The fraction of sp³-hybridized carbons (Fsp3) is 1.00. The molecule has 2 nitrogen and oxygen atoms in total. The highest BCUT2D eigenvalue weighted by atomic mass is 16.5. The van der Waals surface area contributed by atoms with Crippen molar-refractivity contribution in [2.75, 3.05) is 0 Å². The second-order valence-electron chi connectivity index (χ2n) is 7.40. The standard InChI is InChI=1S/C17H31NO/c18-15-7-3-2-6-14(12-15)13-16-8-11-17(19-16)9-4-1-5-10-17/h14-16H,1-13,18H2. The molecule has 3 fully saturated rings. The van der Waals surface area contributed by atoms with Crippen molar-refractivity contribution in [3.05, 3.63) is 0 Å². The molecule has 2 heteroatoms. The molecule has 2 aliphatic carbocycles. The zero-order valence-electron chi connectivity index (χ0n) is 12.4. The van der Waals surface area contributed by atoms with Crippen molar-refractivity contribution in [3.8, 4) is 0 Å². The average molecular weight is 265 g/mol. The highest BCUT2D eigenvalue weighted by Crippen LogP contribution is 2.44. The SMILES string of the molecule is NC1CCCCC(CC2CCC3(CCCCC3)O2)C1. The van der Waals surface area contributed by atoms with Gasteiger partial charge < -0.3 is 10.5 Å². The van der Waals surface area contributed by atoms with E-state index in [2.05, 4.69) is 0 Å². The molecule has 1 aliphatic heterocycles. The predicted octanol–water partition coefficient (Wildman–Crippen LogP) is 4.17. The maximum atomic E-state index is 6.53. The molecule has 3 unspecified atom stereocenters. The van der Waals surface area contributed by atoms with Gasteiger partial charge in [0.2, 0.25) is 0 Å². The van der Waals surface area contributed by atoms with E-state index in [-0.39, 0.29) is 0 Å². The van der Waals surface area contributed by atoms with Crippen molar-refractivity contribution in [2.45, 2.75) is 101 Å². The van der Waals surface area contributed by atoms with E-state index in [1.807, 2.05) is 0 Å². The minimum Gasteiger partial charge on any atom is -0.372 e. The van der Waals surface area contributed by atoms with Crippen molar-refractivity contribution in [1.29, 1.82) is 0 Å². The van der Waals surface area contributed by atoms with E-state index in [0.717, 1.165) is 5.92 Å². The molecule has 0 aromatic rings. The van der Waals surface area contributed by atoms with E-state index < -0.39 is 0 Å². The van der Waals surface area contributed by atoms with Crippen LogP contribution in [-0.4, -0.2) is 17.7 Å². The van der Waals surface area contributed by atoms with E-state index in [0.29, 0.717) is 17.7 Å². The van der Waals surface area contributed by atoms with Crippen molar-refractivity contribution in [2.24, 2.45) is 11.7 Å². The fourth-order valence-corrected chi connectivity index (χ4v) is 4.71. The normalized spacial score (nSPS) is 39.3. The van der Waals surface area contributed by atoms with Gasteiger partial charge in [0.15, 0.2) is 0 Å². The first-order chi connectivity index (χ1) is 9.26. The number of nitrogens with two attached hydrogens (primary N) is 1. The third-order valence-electron chi connectivity index (χ3n) is 5.77. The molecule has 19 heavy (non-hydrogen) atoms. The topological polar surface area (TPSA) is 35.2 Å². The molecule has 2 N–H and O–H groups in total. The van der Waals surface area contributed by atoms with E-state index >= 15 is 0 Å². The summed E-state index contributed by atoms with van der Waals surface area (Å²) >= 11 is 0. The molecule has 1 spiro atoms. The number of hydrogen-bond acceptors (Lipinski definition) is 2. The lowest BCUT2D eigenvalue weighted by Crippen LogP contribution is -2.32. The van der Waals surface area contributed by atoms with Crippen molar-refractivity contribution in [1.82, 2.24) is 0 Å². The van der Waals surface area contributed by atoms with Crippen molar-refractivity contribution >= 4 is 0 Å².